The highest BCUT2D eigenvalue weighted by Gasteiger charge is 2.45. The third kappa shape index (κ3) is 13.4. The number of hydrogen-bond acceptors (Lipinski definition) is 12. The molecule has 0 unspecified atom stereocenters. The van der Waals surface area contributed by atoms with Gasteiger partial charge in [0.15, 0.2) is 0 Å². The first-order valence-electron chi connectivity index (χ1n) is 23.2. The molecule has 7 rings (SSSR count). The maximum atomic E-state index is 11.3. The van der Waals surface area contributed by atoms with Crippen molar-refractivity contribution in [2.75, 3.05) is 52.9 Å². The van der Waals surface area contributed by atoms with Crippen LogP contribution in [0.1, 0.15) is 47.2 Å². The zero-order valence-electron chi connectivity index (χ0n) is 40.6. The standard InChI is InChI=1S/C35H30O6.C25H28O6/c1-3-33(36)40-23-21-38-27-17-13-25(14-18-27)35(26-15-19-28(20-16-26)39-22-24-41-34(37)4-2)31-11-7-5-9-29(31)30-10-6-8-12-32(30)35;1-5-23(26)30-17-15-28-21-11-7-19(8-12-21)25(3,4)20-9-13-22(14-10-20)29-16-18-31-24(27)6-2/h3-20H,1-2,21-24H2;5-14H,1-2,15-18H2,3-4H3. The number of ether oxygens (including phenoxy) is 8. The van der Waals surface area contributed by atoms with E-state index < -0.39 is 29.3 Å². The molecule has 12 nitrogen and oxygen atoms in total. The van der Waals surface area contributed by atoms with E-state index in [1.807, 2.05) is 72.8 Å². The molecule has 0 radical (unpaired) electrons. The number of carbonyl (C=O) groups is 4. The average Bonchev–Trinajstić information content (AvgIpc) is 3.72. The summed E-state index contributed by atoms with van der Waals surface area (Å²) in [5.41, 5.74) is 8.40. The molecule has 0 aromatic heterocycles. The van der Waals surface area contributed by atoms with E-state index in [0.29, 0.717) is 23.0 Å². The van der Waals surface area contributed by atoms with Crippen LogP contribution in [0.4, 0.5) is 0 Å². The molecule has 0 saturated heterocycles. The Morgan fingerprint density at radius 2 is 0.653 bits per heavy atom. The van der Waals surface area contributed by atoms with Crippen LogP contribution in [0.3, 0.4) is 0 Å². The van der Waals surface area contributed by atoms with Crippen LogP contribution in [0.2, 0.25) is 0 Å². The molecule has 0 amide bonds. The van der Waals surface area contributed by atoms with Gasteiger partial charge < -0.3 is 37.9 Å². The van der Waals surface area contributed by atoms with E-state index in [4.69, 9.17) is 37.9 Å². The smallest absolute Gasteiger partial charge is 0.330 e. The Bertz CT molecular complexity index is 2620. The lowest BCUT2D eigenvalue weighted by atomic mass is 9.68. The van der Waals surface area contributed by atoms with Gasteiger partial charge >= 0.3 is 23.9 Å². The quantitative estimate of drug-likeness (QED) is 0.0246. The number of rotatable bonds is 24. The van der Waals surface area contributed by atoms with E-state index >= 15 is 0 Å². The van der Waals surface area contributed by atoms with Crippen molar-refractivity contribution < 1.29 is 57.1 Å². The summed E-state index contributed by atoms with van der Waals surface area (Å²) in [4.78, 5) is 44.6. The summed E-state index contributed by atoms with van der Waals surface area (Å²) in [5.74, 6) is 0.888. The van der Waals surface area contributed by atoms with Gasteiger partial charge in [-0.1, -0.05) is 137 Å². The topological polar surface area (TPSA) is 142 Å². The predicted octanol–water partition coefficient (Wildman–Crippen LogP) is 10.5. The molecule has 0 heterocycles. The second kappa shape index (κ2) is 25.8. The molecule has 1 aliphatic carbocycles. The molecule has 6 aromatic carbocycles. The predicted molar refractivity (Wildman–Crippen MR) is 275 cm³/mol. The zero-order valence-corrected chi connectivity index (χ0v) is 40.6. The third-order valence-electron chi connectivity index (χ3n) is 11.7. The van der Waals surface area contributed by atoms with Gasteiger partial charge in [-0.3, -0.25) is 0 Å². The summed E-state index contributed by atoms with van der Waals surface area (Å²) < 4.78 is 42.6. The summed E-state index contributed by atoms with van der Waals surface area (Å²) in [7, 11) is 0. The monoisotopic (exact) mass is 970 g/mol. The molecule has 0 spiro atoms. The Hall–Kier alpha value is -8.64. The van der Waals surface area contributed by atoms with Crippen molar-refractivity contribution in [3.63, 3.8) is 0 Å². The molecule has 0 saturated carbocycles. The van der Waals surface area contributed by atoms with Crippen molar-refractivity contribution in [2.24, 2.45) is 0 Å². The number of fused-ring (bicyclic) bond motifs is 3. The highest BCUT2D eigenvalue weighted by molar-refractivity contribution is 5.86. The molecule has 370 valence electrons. The molecule has 6 aromatic rings. The van der Waals surface area contributed by atoms with Gasteiger partial charge in [-0.2, -0.15) is 0 Å². The summed E-state index contributed by atoms with van der Waals surface area (Å²) in [5, 5.41) is 0. The fourth-order valence-corrected chi connectivity index (χ4v) is 8.17. The van der Waals surface area contributed by atoms with E-state index in [2.05, 4.69) is 113 Å². The Balaban J connectivity index is 0.000000246. The molecular weight excluding hydrogens is 913 g/mol. The molecular formula is C60H58O12. The highest BCUT2D eigenvalue weighted by atomic mass is 16.6. The first-order valence-corrected chi connectivity index (χ1v) is 23.2. The van der Waals surface area contributed by atoms with Gasteiger partial charge in [0.1, 0.15) is 75.9 Å². The van der Waals surface area contributed by atoms with Gasteiger partial charge in [0.25, 0.3) is 0 Å². The molecule has 12 heteroatoms. The Kier molecular flexibility index (Phi) is 18.9. The van der Waals surface area contributed by atoms with Crippen molar-refractivity contribution in [3.8, 4) is 34.1 Å². The summed E-state index contributed by atoms with van der Waals surface area (Å²) in [6, 6.07) is 48.8. The lowest BCUT2D eigenvalue weighted by Crippen LogP contribution is -2.28. The molecule has 1 aliphatic rings. The maximum Gasteiger partial charge on any atom is 0.330 e. The van der Waals surface area contributed by atoms with Crippen molar-refractivity contribution >= 4 is 23.9 Å². The Morgan fingerprint density at radius 3 is 0.931 bits per heavy atom. The van der Waals surface area contributed by atoms with Crippen LogP contribution < -0.4 is 18.9 Å². The molecule has 0 fully saturated rings. The minimum atomic E-state index is -0.566. The molecule has 0 N–H and O–H groups in total. The summed E-state index contributed by atoms with van der Waals surface area (Å²) in [6.45, 7) is 19.4. The van der Waals surface area contributed by atoms with Crippen molar-refractivity contribution in [3.05, 3.63) is 230 Å². The first kappa shape index (κ1) is 52.7. The van der Waals surface area contributed by atoms with Gasteiger partial charge in [-0.05, 0) is 93.0 Å². The van der Waals surface area contributed by atoms with Crippen LogP contribution in [0.15, 0.2) is 196 Å². The van der Waals surface area contributed by atoms with E-state index in [1.54, 1.807) is 0 Å². The van der Waals surface area contributed by atoms with Crippen molar-refractivity contribution in [2.45, 2.75) is 24.7 Å². The van der Waals surface area contributed by atoms with Gasteiger partial charge in [-0.15, -0.1) is 0 Å². The SMILES string of the molecule is C=CC(=O)OCCOc1ccc(C(C)(C)c2ccc(OCCOC(=O)C=C)cc2)cc1.C=CC(=O)OCCOc1ccc(C2(c3ccc(OCCOC(=O)C=C)cc3)c3ccccc3-c3ccccc32)cc1. The Morgan fingerprint density at radius 1 is 0.389 bits per heavy atom. The number of hydrogen-bond donors (Lipinski definition) is 0. The number of benzene rings is 6. The minimum Gasteiger partial charge on any atom is -0.490 e. The van der Waals surface area contributed by atoms with Gasteiger partial charge in [0, 0.05) is 29.7 Å². The first-order chi connectivity index (χ1) is 34.9. The molecule has 72 heavy (non-hydrogen) atoms. The molecule has 0 aliphatic heterocycles. The van der Waals surface area contributed by atoms with Crippen LogP contribution in [0.5, 0.6) is 23.0 Å². The van der Waals surface area contributed by atoms with E-state index in [1.165, 1.54) is 22.3 Å². The van der Waals surface area contributed by atoms with Crippen LogP contribution in [0, 0.1) is 0 Å². The summed E-state index contributed by atoms with van der Waals surface area (Å²) in [6.07, 6.45) is 4.50. The van der Waals surface area contributed by atoms with Gasteiger partial charge in [0.05, 0.1) is 5.41 Å². The number of esters is 4. The highest BCUT2D eigenvalue weighted by Crippen LogP contribution is 2.56. The van der Waals surface area contributed by atoms with Crippen LogP contribution >= 0.6 is 0 Å². The minimum absolute atomic E-state index is 0.141. The lowest BCUT2D eigenvalue weighted by molar-refractivity contribution is -0.139. The number of carbonyl (C=O) groups excluding carboxylic acids is 4. The fourth-order valence-electron chi connectivity index (χ4n) is 8.17. The molecule has 0 bridgehead atoms. The van der Waals surface area contributed by atoms with Crippen molar-refractivity contribution in [1.82, 2.24) is 0 Å². The van der Waals surface area contributed by atoms with Crippen molar-refractivity contribution in [1.29, 1.82) is 0 Å². The van der Waals surface area contributed by atoms with Crippen LogP contribution in [0.25, 0.3) is 11.1 Å². The largest absolute Gasteiger partial charge is 0.490 e. The third-order valence-corrected chi connectivity index (χ3v) is 11.7. The maximum absolute atomic E-state index is 11.3. The second-order valence-corrected chi connectivity index (χ2v) is 16.4. The van der Waals surface area contributed by atoms with Gasteiger partial charge in [0.2, 0.25) is 0 Å². The molecule has 0 atom stereocenters. The normalized spacial score (nSPS) is 11.6. The lowest BCUT2D eigenvalue weighted by Gasteiger charge is -2.34. The van der Waals surface area contributed by atoms with E-state index in [0.717, 1.165) is 46.6 Å². The Labute approximate surface area is 420 Å². The zero-order chi connectivity index (χ0) is 51.4. The van der Waals surface area contributed by atoms with E-state index in [-0.39, 0.29) is 58.3 Å². The van der Waals surface area contributed by atoms with Gasteiger partial charge in [-0.25, -0.2) is 19.2 Å². The second-order valence-electron chi connectivity index (χ2n) is 16.4. The fraction of sp³-hybridized carbons (Fsp3) is 0.200. The summed E-state index contributed by atoms with van der Waals surface area (Å²) >= 11 is 0. The van der Waals surface area contributed by atoms with Crippen LogP contribution in [-0.4, -0.2) is 76.7 Å². The average molecular weight is 971 g/mol. The van der Waals surface area contributed by atoms with E-state index in [9.17, 15) is 19.2 Å². The van der Waals surface area contributed by atoms with Crippen LogP contribution in [-0.2, 0) is 49.0 Å².